The van der Waals surface area contributed by atoms with Crippen molar-refractivity contribution in [2.45, 2.75) is 13.8 Å². The summed E-state index contributed by atoms with van der Waals surface area (Å²) >= 11 is 0. The molecule has 0 N–H and O–H groups in total. The van der Waals surface area contributed by atoms with E-state index in [2.05, 4.69) is 0 Å². The number of allylic oxidation sites excluding steroid dienone is 3. The molecule has 1 aliphatic rings. The topological polar surface area (TPSA) is 40.1 Å². The van der Waals surface area contributed by atoms with Gasteiger partial charge in [0, 0.05) is 5.41 Å². The van der Waals surface area contributed by atoms with Crippen LogP contribution >= 0.6 is 0 Å². The predicted molar refractivity (Wildman–Crippen MR) is 40.6 cm³/mol. The number of hydrogen-bond donors (Lipinski definition) is 0. The first-order chi connectivity index (χ1) is 5.07. The molecule has 2 nitrogen and oxygen atoms in total. The standard InChI is InChI=1S/C9H12O2.K/c1-7-5-3-4-6-9(7,2)8(10)11;/h3-7H,1-2H3,(H,10,11);/q;+1/p-1. The number of aliphatic carboxylic acids is 1. The summed E-state index contributed by atoms with van der Waals surface area (Å²) in [4.78, 5) is 10.7. The van der Waals surface area contributed by atoms with Gasteiger partial charge in [-0.2, -0.15) is 0 Å². The summed E-state index contributed by atoms with van der Waals surface area (Å²) in [5.74, 6) is -0.997. The Kier molecular flexibility index (Phi) is 4.95. The SMILES string of the molecule is CC1C=CC=CC1(C)C(=O)[O-].[K+]. The quantitative estimate of drug-likeness (QED) is 0.429. The summed E-state index contributed by atoms with van der Waals surface area (Å²) in [6.07, 6.45) is 7.15. The fraction of sp³-hybridized carbons (Fsp3) is 0.444. The van der Waals surface area contributed by atoms with Gasteiger partial charge >= 0.3 is 51.4 Å². The fourth-order valence-corrected chi connectivity index (χ4v) is 1.09. The Bertz CT molecular complexity index is 233. The summed E-state index contributed by atoms with van der Waals surface area (Å²) in [6, 6.07) is 0. The van der Waals surface area contributed by atoms with Crippen LogP contribution in [0, 0.1) is 11.3 Å². The van der Waals surface area contributed by atoms with Crippen molar-refractivity contribution >= 4 is 5.97 Å². The molecule has 0 saturated carbocycles. The smallest absolute Gasteiger partial charge is 0.549 e. The number of hydrogen-bond acceptors (Lipinski definition) is 2. The van der Waals surface area contributed by atoms with Crippen molar-refractivity contribution in [2.24, 2.45) is 11.3 Å². The van der Waals surface area contributed by atoms with Gasteiger partial charge in [-0.25, -0.2) is 0 Å². The van der Waals surface area contributed by atoms with Crippen LogP contribution in [0.4, 0.5) is 0 Å². The van der Waals surface area contributed by atoms with E-state index < -0.39 is 11.4 Å². The minimum absolute atomic E-state index is 0. The Morgan fingerprint density at radius 1 is 1.50 bits per heavy atom. The van der Waals surface area contributed by atoms with Crippen molar-refractivity contribution in [1.82, 2.24) is 0 Å². The average Bonchev–Trinajstić information content (AvgIpc) is 1.95. The maximum Gasteiger partial charge on any atom is 1.00 e. The van der Waals surface area contributed by atoms with Crippen molar-refractivity contribution in [3.05, 3.63) is 24.3 Å². The number of carbonyl (C=O) groups excluding carboxylic acids is 1. The Morgan fingerprint density at radius 2 is 2.08 bits per heavy atom. The van der Waals surface area contributed by atoms with Gasteiger partial charge in [0.15, 0.2) is 0 Å². The van der Waals surface area contributed by atoms with Crippen LogP contribution < -0.4 is 56.5 Å². The zero-order valence-electron chi connectivity index (χ0n) is 7.70. The summed E-state index contributed by atoms with van der Waals surface area (Å²) < 4.78 is 0. The van der Waals surface area contributed by atoms with Gasteiger partial charge in [0.2, 0.25) is 0 Å². The third-order valence-electron chi connectivity index (χ3n) is 2.34. The van der Waals surface area contributed by atoms with Gasteiger partial charge < -0.3 is 9.90 Å². The number of carboxylic acids is 1. The molecule has 0 saturated heterocycles. The van der Waals surface area contributed by atoms with Crippen LogP contribution in [0.2, 0.25) is 0 Å². The van der Waals surface area contributed by atoms with E-state index >= 15 is 0 Å². The molecular formula is C9H11KO2. The average molecular weight is 190 g/mol. The second-order valence-corrected chi connectivity index (χ2v) is 3.10. The molecular weight excluding hydrogens is 179 g/mol. The molecule has 0 aromatic carbocycles. The van der Waals surface area contributed by atoms with Crippen LogP contribution in [-0.4, -0.2) is 5.97 Å². The molecule has 12 heavy (non-hydrogen) atoms. The third kappa shape index (κ3) is 2.30. The molecule has 0 aromatic heterocycles. The third-order valence-corrected chi connectivity index (χ3v) is 2.34. The van der Waals surface area contributed by atoms with Crippen LogP contribution in [0.25, 0.3) is 0 Å². The molecule has 60 valence electrons. The Balaban J connectivity index is 0.00000121. The minimum atomic E-state index is -1.01. The molecule has 1 rings (SSSR count). The second kappa shape index (κ2) is 4.72. The molecule has 0 radical (unpaired) electrons. The van der Waals surface area contributed by atoms with E-state index in [1.165, 1.54) is 0 Å². The largest absolute Gasteiger partial charge is 1.00 e. The van der Waals surface area contributed by atoms with Crippen LogP contribution in [0.5, 0.6) is 0 Å². The van der Waals surface area contributed by atoms with E-state index in [1.54, 1.807) is 19.1 Å². The second-order valence-electron chi connectivity index (χ2n) is 3.10. The fourth-order valence-electron chi connectivity index (χ4n) is 1.09. The maximum absolute atomic E-state index is 10.7. The van der Waals surface area contributed by atoms with Crippen LogP contribution in [0.1, 0.15) is 13.8 Å². The van der Waals surface area contributed by atoms with Crippen LogP contribution in [-0.2, 0) is 4.79 Å². The molecule has 0 aromatic rings. The molecule has 0 heterocycles. The van der Waals surface area contributed by atoms with Crippen molar-refractivity contribution in [3.63, 3.8) is 0 Å². The summed E-state index contributed by atoms with van der Waals surface area (Å²) in [7, 11) is 0. The Labute approximate surface area is 115 Å². The van der Waals surface area contributed by atoms with E-state index in [9.17, 15) is 9.90 Å². The summed E-state index contributed by atoms with van der Waals surface area (Å²) in [5, 5.41) is 10.7. The van der Waals surface area contributed by atoms with Crippen LogP contribution in [0.15, 0.2) is 24.3 Å². The zero-order valence-corrected chi connectivity index (χ0v) is 10.8. The number of rotatable bonds is 1. The summed E-state index contributed by atoms with van der Waals surface area (Å²) in [5.41, 5.74) is -0.825. The molecule has 0 fully saturated rings. The molecule has 0 amide bonds. The van der Waals surface area contributed by atoms with E-state index in [1.807, 2.05) is 19.1 Å². The number of carboxylic acid groups (broad SMARTS) is 1. The first-order valence-electron chi connectivity index (χ1n) is 3.65. The van der Waals surface area contributed by atoms with Crippen molar-refractivity contribution in [3.8, 4) is 0 Å². The predicted octanol–water partition coefficient (Wildman–Crippen LogP) is -2.49. The van der Waals surface area contributed by atoms with Gasteiger partial charge in [-0.05, 0) is 5.92 Å². The zero-order chi connectivity index (χ0) is 8.48. The Hall–Kier alpha value is 0.586. The van der Waals surface area contributed by atoms with E-state index in [0.717, 1.165) is 0 Å². The maximum atomic E-state index is 10.7. The van der Waals surface area contributed by atoms with E-state index in [4.69, 9.17) is 0 Å². The van der Waals surface area contributed by atoms with Crippen molar-refractivity contribution in [2.75, 3.05) is 0 Å². The van der Waals surface area contributed by atoms with Gasteiger partial charge in [-0.1, -0.05) is 38.2 Å². The molecule has 0 spiro atoms. The molecule has 2 unspecified atom stereocenters. The first kappa shape index (κ1) is 12.6. The monoisotopic (exact) mass is 190 g/mol. The van der Waals surface area contributed by atoms with Crippen molar-refractivity contribution < 1.29 is 61.3 Å². The normalized spacial score (nSPS) is 32.7. The minimum Gasteiger partial charge on any atom is -0.549 e. The molecule has 2 atom stereocenters. The Morgan fingerprint density at radius 3 is 2.42 bits per heavy atom. The van der Waals surface area contributed by atoms with Gasteiger partial charge in [-0.3, -0.25) is 0 Å². The van der Waals surface area contributed by atoms with Gasteiger partial charge in [0.05, 0.1) is 5.97 Å². The van der Waals surface area contributed by atoms with Crippen molar-refractivity contribution in [1.29, 1.82) is 0 Å². The van der Waals surface area contributed by atoms with E-state index in [0.29, 0.717) is 0 Å². The number of carbonyl (C=O) groups is 1. The molecule has 3 heteroatoms. The molecule has 0 aliphatic heterocycles. The van der Waals surface area contributed by atoms with Gasteiger partial charge in [0.1, 0.15) is 0 Å². The molecule has 0 bridgehead atoms. The van der Waals surface area contributed by atoms with Crippen LogP contribution in [0.3, 0.4) is 0 Å². The van der Waals surface area contributed by atoms with Gasteiger partial charge in [-0.15, -0.1) is 0 Å². The van der Waals surface area contributed by atoms with E-state index in [-0.39, 0.29) is 57.3 Å². The van der Waals surface area contributed by atoms with Gasteiger partial charge in [0.25, 0.3) is 0 Å². The molecule has 1 aliphatic carbocycles. The summed E-state index contributed by atoms with van der Waals surface area (Å²) in [6.45, 7) is 3.54. The first-order valence-corrected chi connectivity index (χ1v) is 3.65.